The summed E-state index contributed by atoms with van der Waals surface area (Å²) < 4.78 is 5.60. The van der Waals surface area contributed by atoms with Crippen LogP contribution in [0.2, 0.25) is 0 Å². The highest BCUT2D eigenvalue weighted by Gasteiger charge is 2.41. The molecule has 0 saturated carbocycles. The summed E-state index contributed by atoms with van der Waals surface area (Å²) in [6, 6.07) is 20.0. The standard InChI is InChI=1S/C27H29NO3/c1-17(2)16-31-27(30)24-18(3)28-22-14-21(19-10-6-4-7-11-19)15-23(29)26(22)25(24)20-12-8-5-9-13-20/h4-13,17,21,25,28H,14-16H2,1-3H3/t21-,25+/m0/s1. The highest BCUT2D eigenvalue weighted by Crippen LogP contribution is 2.45. The van der Waals surface area contributed by atoms with Crippen molar-refractivity contribution in [2.45, 2.75) is 45.4 Å². The molecule has 1 aliphatic heterocycles. The molecule has 4 heteroatoms. The fourth-order valence-corrected chi connectivity index (χ4v) is 4.57. The highest BCUT2D eigenvalue weighted by atomic mass is 16.5. The first-order valence-electron chi connectivity index (χ1n) is 11.0. The van der Waals surface area contributed by atoms with Crippen molar-refractivity contribution in [2.24, 2.45) is 5.92 Å². The summed E-state index contributed by atoms with van der Waals surface area (Å²) in [7, 11) is 0. The van der Waals surface area contributed by atoms with Gasteiger partial charge in [0.05, 0.1) is 12.2 Å². The van der Waals surface area contributed by atoms with Crippen LogP contribution in [0.25, 0.3) is 0 Å². The lowest BCUT2D eigenvalue weighted by Gasteiger charge is -2.36. The zero-order valence-electron chi connectivity index (χ0n) is 18.4. The molecule has 0 fully saturated rings. The quantitative estimate of drug-likeness (QED) is 0.678. The Hall–Kier alpha value is -3.14. The summed E-state index contributed by atoms with van der Waals surface area (Å²) in [5.74, 6) is -0.274. The van der Waals surface area contributed by atoms with Crippen LogP contribution in [0.15, 0.2) is 83.2 Å². The lowest BCUT2D eigenvalue weighted by atomic mass is 9.72. The Bertz CT molecular complexity index is 1030. The molecule has 1 aliphatic carbocycles. The number of ketones is 1. The number of hydrogen-bond donors (Lipinski definition) is 1. The number of allylic oxidation sites excluding steroid dienone is 3. The van der Waals surface area contributed by atoms with Gasteiger partial charge in [0.2, 0.25) is 0 Å². The molecule has 2 aliphatic rings. The SMILES string of the molecule is CC1=C(C(=O)OCC(C)C)[C@@H](c2ccccc2)C2=C(C[C@H](c3ccccc3)CC2=O)N1. The van der Waals surface area contributed by atoms with Crippen molar-refractivity contribution < 1.29 is 14.3 Å². The molecule has 2 aromatic rings. The van der Waals surface area contributed by atoms with Gasteiger partial charge in [-0.1, -0.05) is 74.5 Å². The van der Waals surface area contributed by atoms with Crippen LogP contribution < -0.4 is 5.32 Å². The lowest BCUT2D eigenvalue weighted by Crippen LogP contribution is -2.36. The monoisotopic (exact) mass is 415 g/mol. The molecule has 31 heavy (non-hydrogen) atoms. The van der Waals surface area contributed by atoms with E-state index in [0.717, 1.165) is 23.4 Å². The molecule has 0 radical (unpaired) electrons. The van der Waals surface area contributed by atoms with Gasteiger partial charge in [0, 0.05) is 29.3 Å². The van der Waals surface area contributed by atoms with E-state index in [9.17, 15) is 9.59 Å². The van der Waals surface area contributed by atoms with Crippen molar-refractivity contribution in [3.8, 4) is 0 Å². The minimum Gasteiger partial charge on any atom is -0.462 e. The molecule has 1 heterocycles. The van der Waals surface area contributed by atoms with E-state index < -0.39 is 5.92 Å². The van der Waals surface area contributed by atoms with Crippen LogP contribution in [-0.2, 0) is 14.3 Å². The maximum absolute atomic E-state index is 13.5. The Kier molecular flexibility index (Phi) is 6.08. The van der Waals surface area contributed by atoms with Crippen LogP contribution in [-0.4, -0.2) is 18.4 Å². The first kappa shape index (κ1) is 21.1. The third-order valence-corrected chi connectivity index (χ3v) is 6.00. The minimum absolute atomic E-state index is 0.0955. The van der Waals surface area contributed by atoms with Gasteiger partial charge in [0.25, 0.3) is 0 Å². The van der Waals surface area contributed by atoms with E-state index in [1.54, 1.807) is 0 Å². The number of rotatable bonds is 5. The van der Waals surface area contributed by atoms with Crippen LogP contribution in [0.3, 0.4) is 0 Å². The highest BCUT2D eigenvalue weighted by molar-refractivity contribution is 6.04. The van der Waals surface area contributed by atoms with Gasteiger partial charge >= 0.3 is 5.97 Å². The average Bonchev–Trinajstić information content (AvgIpc) is 2.77. The van der Waals surface area contributed by atoms with Crippen molar-refractivity contribution >= 4 is 11.8 Å². The van der Waals surface area contributed by atoms with Crippen LogP contribution >= 0.6 is 0 Å². The summed E-state index contributed by atoms with van der Waals surface area (Å²) >= 11 is 0. The molecule has 4 rings (SSSR count). The zero-order valence-corrected chi connectivity index (χ0v) is 18.4. The number of dihydropyridines is 1. The second kappa shape index (κ2) is 8.93. The van der Waals surface area contributed by atoms with Gasteiger partial charge < -0.3 is 10.1 Å². The van der Waals surface area contributed by atoms with Crippen molar-refractivity contribution in [2.75, 3.05) is 6.61 Å². The van der Waals surface area contributed by atoms with Crippen LogP contribution in [0, 0.1) is 5.92 Å². The Morgan fingerprint density at radius 3 is 2.23 bits per heavy atom. The van der Waals surface area contributed by atoms with E-state index in [1.165, 1.54) is 5.56 Å². The molecule has 0 saturated heterocycles. The number of hydrogen-bond acceptors (Lipinski definition) is 4. The van der Waals surface area contributed by atoms with Crippen LogP contribution in [0.1, 0.15) is 56.6 Å². The third-order valence-electron chi connectivity index (χ3n) is 6.00. The maximum Gasteiger partial charge on any atom is 0.336 e. The largest absolute Gasteiger partial charge is 0.462 e. The summed E-state index contributed by atoms with van der Waals surface area (Å²) in [5, 5.41) is 3.40. The molecule has 2 atom stereocenters. The van der Waals surface area contributed by atoms with Gasteiger partial charge in [-0.05, 0) is 36.3 Å². The van der Waals surface area contributed by atoms with Crippen LogP contribution in [0.5, 0.6) is 0 Å². The zero-order chi connectivity index (χ0) is 22.0. The summed E-state index contributed by atoms with van der Waals surface area (Å²) in [4.78, 5) is 26.6. The van der Waals surface area contributed by atoms with Crippen molar-refractivity contribution in [1.29, 1.82) is 0 Å². The molecule has 160 valence electrons. The number of Topliss-reactive ketones (excluding diaryl/α,β-unsaturated/α-hetero) is 1. The molecule has 1 N–H and O–H groups in total. The van der Waals surface area contributed by atoms with Crippen LogP contribution in [0.4, 0.5) is 0 Å². The van der Waals surface area contributed by atoms with E-state index in [2.05, 4.69) is 17.4 Å². The average molecular weight is 416 g/mol. The molecular formula is C27H29NO3. The molecule has 0 unspecified atom stereocenters. The topological polar surface area (TPSA) is 55.4 Å². The molecular weight excluding hydrogens is 386 g/mol. The second-order valence-corrected chi connectivity index (χ2v) is 8.83. The number of carbonyl (C=O) groups is 2. The van der Waals surface area contributed by atoms with E-state index in [4.69, 9.17) is 4.74 Å². The number of ether oxygens (including phenoxy) is 1. The van der Waals surface area contributed by atoms with Gasteiger partial charge in [-0.3, -0.25) is 4.79 Å². The summed E-state index contributed by atoms with van der Waals surface area (Å²) in [5.41, 5.74) is 5.06. The normalized spacial score (nSPS) is 21.1. The molecule has 2 aromatic carbocycles. The lowest BCUT2D eigenvalue weighted by molar-refractivity contribution is -0.140. The fourth-order valence-electron chi connectivity index (χ4n) is 4.57. The number of benzene rings is 2. The molecule has 0 aromatic heterocycles. The second-order valence-electron chi connectivity index (χ2n) is 8.83. The van der Waals surface area contributed by atoms with E-state index in [-0.39, 0.29) is 23.6 Å². The summed E-state index contributed by atoms with van der Waals surface area (Å²) in [6.45, 7) is 6.28. The van der Waals surface area contributed by atoms with Gasteiger partial charge in [-0.2, -0.15) is 0 Å². The van der Waals surface area contributed by atoms with Gasteiger partial charge in [0.15, 0.2) is 5.78 Å². The van der Waals surface area contributed by atoms with Gasteiger partial charge in [0.1, 0.15) is 0 Å². The molecule has 4 nitrogen and oxygen atoms in total. The Balaban J connectivity index is 1.75. The third kappa shape index (κ3) is 4.34. The predicted molar refractivity (Wildman–Crippen MR) is 121 cm³/mol. The predicted octanol–water partition coefficient (Wildman–Crippen LogP) is 5.25. The van der Waals surface area contributed by atoms with E-state index in [1.807, 2.05) is 69.3 Å². The molecule has 0 bridgehead atoms. The molecule has 0 spiro atoms. The van der Waals surface area contributed by atoms with Gasteiger partial charge in [-0.25, -0.2) is 4.79 Å². The number of esters is 1. The maximum atomic E-state index is 13.5. The smallest absolute Gasteiger partial charge is 0.336 e. The molecule has 0 amide bonds. The minimum atomic E-state index is -0.402. The first-order valence-corrected chi connectivity index (χ1v) is 11.0. The number of carbonyl (C=O) groups excluding carboxylic acids is 2. The Labute approximate surface area is 184 Å². The van der Waals surface area contributed by atoms with Gasteiger partial charge in [-0.15, -0.1) is 0 Å². The fraction of sp³-hybridized carbons (Fsp3) is 0.333. The van der Waals surface area contributed by atoms with Crippen molar-refractivity contribution in [3.05, 3.63) is 94.3 Å². The Morgan fingerprint density at radius 1 is 1.00 bits per heavy atom. The van der Waals surface area contributed by atoms with E-state index >= 15 is 0 Å². The van der Waals surface area contributed by atoms with Crippen molar-refractivity contribution in [3.63, 3.8) is 0 Å². The first-order chi connectivity index (χ1) is 15.0. The Morgan fingerprint density at radius 2 is 1.61 bits per heavy atom. The number of nitrogens with one attached hydrogen (secondary N) is 1. The summed E-state index contributed by atoms with van der Waals surface area (Å²) in [6.07, 6.45) is 1.20. The van der Waals surface area contributed by atoms with E-state index in [0.29, 0.717) is 24.2 Å². The van der Waals surface area contributed by atoms with Crippen molar-refractivity contribution in [1.82, 2.24) is 5.32 Å².